The van der Waals surface area contributed by atoms with Crippen molar-refractivity contribution in [3.05, 3.63) is 48.0 Å². The molecule has 0 bridgehead atoms. The Hall–Kier alpha value is -2.16. The van der Waals surface area contributed by atoms with E-state index in [4.69, 9.17) is 15.2 Å². The van der Waals surface area contributed by atoms with Gasteiger partial charge in [-0.2, -0.15) is 0 Å². The van der Waals surface area contributed by atoms with E-state index >= 15 is 0 Å². The summed E-state index contributed by atoms with van der Waals surface area (Å²) in [5, 5.41) is 0. The Bertz CT molecular complexity index is 506. The maximum atomic E-state index is 5.73. The molecule has 0 heterocycles. The first-order valence-electron chi connectivity index (χ1n) is 5.37. The summed E-state index contributed by atoms with van der Waals surface area (Å²) in [6.07, 6.45) is 0. The topological polar surface area (TPSA) is 44.5 Å². The molecule has 0 spiro atoms. The lowest BCUT2D eigenvalue weighted by molar-refractivity contribution is 0.379. The summed E-state index contributed by atoms with van der Waals surface area (Å²) in [5.41, 5.74) is 7.53. The fraction of sp³-hybridized carbons (Fsp3) is 0.143. The lowest BCUT2D eigenvalue weighted by Gasteiger charge is -2.10. The van der Waals surface area contributed by atoms with Gasteiger partial charge in [-0.05, 0) is 31.2 Å². The number of nitrogens with two attached hydrogens (primary N) is 1. The second-order valence-electron chi connectivity index (χ2n) is 3.83. The number of hydrogen-bond acceptors (Lipinski definition) is 3. The highest BCUT2D eigenvalue weighted by Gasteiger charge is 2.05. The summed E-state index contributed by atoms with van der Waals surface area (Å²) >= 11 is 0. The molecule has 3 nitrogen and oxygen atoms in total. The van der Waals surface area contributed by atoms with Crippen LogP contribution in [0.2, 0.25) is 0 Å². The molecule has 0 saturated carbocycles. The zero-order valence-electron chi connectivity index (χ0n) is 9.94. The van der Waals surface area contributed by atoms with Crippen molar-refractivity contribution in [2.75, 3.05) is 12.8 Å². The zero-order chi connectivity index (χ0) is 12.3. The first-order chi connectivity index (χ1) is 8.19. The molecule has 0 aliphatic heterocycles. The van der Waals surface area contributed by atoms with Crippen molar-refractivity contribution in [1.82, 2.24) is 0 Å². The van der Waals surface area contributed by atoms with Gasteiger partial charge in [0.05, 0.1) is 7.11 Å². The number of benzene rings is 2. The van der Waals surface area contributed by atoms with Crippen molar-refractivity contribution in [3.63, 3.8) is 0 Å². The molecule has 0 saturated heterocycles. The minimum Gasteiger partial charge on any atom is -0.493 e. The van der Waals surface area contributed by atoms with Crippen LogP contribution in [0, 0.1) is 6.92 Å². The quantitative estimate of drug-likeness (QED) is 0.820. The maximum Gasteiger partial charge on any atom is 0.169 e. The van der Waals surface area contributed by atoms with Gasteiger partial charge < -0.3 is 15.2 Å². The molecule has 2 N–H and O–H groups in total. The summed E-state index contributed by atoms with van der Waals surface area (Å²) in [6, 6.07) is 13.2. The van der Waals surface area contributed by atoms with Crippen LogP contribution in [0.25, 0.3) is 0 Å². The molecule has 0 aliphatic carbocycles. The van der Waals surface area contributed by atoms with Gasteiger partial charge in [0.2, 0.25) is 0 Å². The normalized spacial score (nSPS) is 10.0. The van der Waals surface area contributed by atoms with Crippen molar-refractivity contribution < 1.29 is 9.47 Å². The number of anilines is 1. The van der Waals surface area contributed by atoms with Crippen molar-refractivity contribution in [3.8, 4) is 17.2 Å². The first-order valence-corrected chi connectivity index (χ1v) is 5.37. The van der Waals surface area contributed by atoms with Crippen molar-refractivity contribution >= 4 is 5.69 Å². The molecule has 88 valence electrons. The van der Waals surface area contributed by atoms with E-state index in [0.29, 0.717) is 17.2 Å². The van der Waals surface area contributed by atoms with Crippen LogP contribution < -0.4 is 15.2 Å². The Morgan fingerprint density at radius 2 is 1.65 bits per heavy atom. The highest BCUT2D eigenvalue weighted by Crippen LogP contribution is 2.32. The molecule has 2 aromatic rings. The summed E-state index contributed by atoms with van der Waals surface area (Å²) in [7, 11) is 1.59. The Morgan fingerprint density at radius 1 is 0.941 bits per heavy atom. The number of rotatable bonds is 3. The van der Waals surface area contributed by atoms with Gasteiger partial charge in [0.15, 0.2) is 11.5 Å². The SMILES string of the molecule is COc1cc(N)ccc1Oc1ccc(C)cc1. The van der Waals surface area contributed by atoms with Crippen LogP contribution in [0.4, 0.5) is 5.69 Å². The highest BCUT2D eigenvalue weighted by atomic mass is 16.5. The van der Waals surface area contributed by atoms with Crippen LogP contribution in [0.5, 0.6) is 17.2 Å². The zero-order valence-corrected chi connectivity index (χ0v) is 9.94. The van der Waals surface area contributed by atoms with E-state index in [-0.39, 0.29) is 0 Å². The molecule has 0 fully saturated rings. The molecule has 2 rings (SSSR count). The number of ether oxygens (including phenoxy) is 2. The Labute approximate surface area is 101 Å². The van der Waals surface area contributed by atoms with Crippen LogP contribution in [-0.4, -0.2) is 7.11 Å². The second-order valence-corrected chi connectivity index (χ2v) is 3.83. The van der Waals surface area contributed by atoms with E-state index in [9.17, 15) is 0 Å². The number of hydrogen-bond donors (Lipinski definition) is 1. The number of nitrogen functional groups attached to an aromatic ring is 1. The predicted molar refractivity (Wildman–Crippen MR) is 68.7 cm³/mol. The summed E-state index contributed by atoms with van der Waals surface area (Å²) in [4.78, 5) is 0. The van der Waals surface area contributed by atoms with Gasteiger partial charge in [-0.1, -0.05) is 17.7 Å². The largest absolute Gasteiger partial charge is 0.493 e. The summed E-state index contributed by atoms with van der Waals surface area (Å²) in [6.45, 7) is 2.04. The average Bonchev–Trinajstić information content (AvgIpc) is 2.34. The molecule has 0 atom stereocenters. The fourth-order valence-corrected chi connectivity index (χ4v) is 1.50. The lowest BCUT2D eigenvalue weighted by Crippen LogP contribution is -1.92. The molecule has 17 heavy (non-hydrogen) atoms. The third kappa shape index (κ3) is 2.69. The third-order valence-corrected chi connectivity index (χ3v) is 2.44. The fourth-order valence-electron chi connectivity index (χ4n) is 1.50. The molecule has 3 heteroatoms. The standard InChI is InChI=1S/C14H15NO2/c1-10-3-6-12(7-4-10)17-13-8-5-11(15)9-14(13)16-2/h3-9H,15H2,1-2H3. The van der Waals surface area contributed by atoms with Crippen LogP contribution in [0.15, 0.2) is 42.5 Å². The van der Waals surface area contributed by atoms with Crippen molar-refractivity contribution in [2.45, 2.75) is 6.92 Å². The van der Waals surface area contributed by atoms with Gasteiger partial charge in [0.1, 0.15) is 5.75 Å². The molecule has 0 aliphatic rings. The van der Waals surface area contributed by atoms with Gasteiger partial charge >= 0.3 is 0 Å². The Morgan fingerprint density at radius 3 is 2.29 bits per heavy atom. The van der Waals surface area contributed by atoms with Crippen LogP contribution in [-0.2, 0) is 0 Å². The molecule has 2 aromatic carbocycles. The van der Waals surface area contributed by atoms with Crippen molar-refractivity contribution in [1.29, 1.82) is 0 Å². The van der Waals surface area contributed by atoms with Gasteiger partial charge in [0.25, 0.3) is 0 Å². The smallest absolute Gasteiger partial charge is 0.169 e. The van der Waals surface area contributed by atoms with E-state index < -0.39 is 0 Å². The summed E-state index contributed by atoms with van der Waals surface area (Å²) in [5.74, 6) is 2.06. The van der Waals surface area contributed by atoms with E-state index in [1.165, 1.54) is 5.56 Å². The Kier molecular flexibility index (Phi) is 3.19. The minimum atomic E-state index is 0.630. The summed E-state index contributed by atoms with van der Waals surface area (Å²) < 4.78 is 10.9. The van der Waals surface area contributed by atoms with E-state index in [0.717, 1.165) is 5.75 Å². The second kappa shape index (κ2) is 4.78. The van der Waals surface area contributed by atoms with E-state index in [2.05, 4.69) is 0 Å². The molecule has 0 unspecified atom stereocenters. The lowest BCUT2D eigenvalue weighted by atomic mass is 10.2. The monoisotopic (exact) mass is 229 g/mol. The van der Waals surface area contributed by atoms with E-state index in [1.54, 1.807) is 25.3 Å². The van der Waals surface area contributed by atoms with Crippen LogP contribution in [0.3, 0.4) is 0 Å². The first kappa shape index (κ1) is 11.3. The van der Waals surface area contributed by atoms with Gasteiger partial charge in [0, 0.05) is 11.8 Å². The highest BCUT2D eigenvalue weighted by molar-refractivity contribution is 5.53. The van der Waals surface area contributed by atoms with Gasteiger partial charge in [-0.15, -0.1) is 0 Å². The number of methoxy groups -OCH3 is 1. The Balaban J connectivity index is 2.26. The number of aryl methyl sites for hydroxylation is 1. The third-order valence-electron chi connectivity index (χ3n) is 2.44. The van der Waals surface area contributed by atoms with Crippen LogP contribution >= 0.6 is 0 Å². The minimum absolute atomic E-state index is 0.630. The molecular weight excluding hydrogens is 214 g/mol. The molecule has 0 radical (unpaired) electrons. The predicted octanol–water partition coefficient (Wildman–Crippen LogP) is 3.38. The molecule has 0 amide bonds. The molecule has 0 aromatic heterocycles. The average molecular weight is 229 g/mol. The van der Waals surface area contributed by atoms with Gasteiger partial charge in [-0.25, -0.2) is 0 Å². The molecular formula is C14H15NO2. The van der Waals surface area contributed by atoms with Gasteiger partial charge in [-0.3, -0.25) is 0 Å². The van der Waals surface area contributed by atoms with Crippen molar-refractivity contribution in [2.24, 2.45) is 0 Å². The van der Waals surface area contributed by atoms with E-state index in [1.807, 2.05) is 31.2 Å². The maximum absolute atomic E-state index is 5.73. The van der Waals surface area contributed by atoms with Crippen LogP contribution in [0.1, 0.15) is 5.56 Å².